The third-order valence-electron chi connectivity index (χ3n) is 2.47. The van der Waals surface area contributed by atoms with E-state index in [9.17, 15) is 14.7 Å². The fourth-order valence-electron chi connectivity index (χ4n) is 1.65. The van der Waals surface area contributed by atoms with E-state index in [1.54, 1.807) is 24.3 Å². The normalized spacial score (nSPS) is 10.4. The summed E-state index contributed by atoms with van der Waals surface area (Å²) in [6.45, 7) is -0.642. The first-order valence-electron chi connectivity index (χ1n) is 5.27. The summed E-state index contributed by atoms with van der Waals surface area (Å²) in [7, 11) is 0. The van der Waals surface area contributed by atoms with Crippen molar-refractivity contribution >= 4 is 34.4 Å². The second kappa shape index (κ2) is 5.11. The Hall–Kier alpha value is -2.34. The van der Waals surface area contributed by atoms with Crippen LogP contribution in [0.1, 0.15) is 10.5 Å². The van der Waals surface area contributed by atoms with Crippen molar-refractivity contribution in [3.8, 4) is 5.75 Å². The molecule has 2 N–H and O–H groups in total. The Morgan fingerprint density at radius 2 is 1.89 bits per heavy atom. The predicted octanol–water partition coefficient (Wildman–Crippen LogP) is 1.62. The summed E-state index contributed by atoms with van der Waals surface area (Å²) >= 11 is 5.60. The highest BCUT2D eigenvalue weighted by Crippen LogP contribution is 2.26. The lowest BCUT2D eigenvalue weighted by molar-refractivity contribution is -0.136. The molecule has 0 saturated carbocycles. The van der Waals surface area contributed by atoms with E-state index in [-0.39, 0.29) is 11.4 Å². The largest absolute Gasteiger partial charge is 0.506 e. The zero-order valence-corrected chi connectivity index (χ0v) is 10.3. The summed E-state index contributed by atoms with van der Waals surface area (Å²) < 4.78 is 0.536. The van der Waals surface area contributed by atoms with E-state index in [1.807, 2.05) is 0 Å². The van der Waals surface area contributed by atoms with E-state index in [4.69, 9.17) is 16.9 Å². The lowest BCUT2D eigenvalue weighted by Gasteiger charge is -2.12. The van der Waals surface area contributed by atoms with Gasteiger partial charge in [0.05, 0.1) is 6.20 Å². The maximum absolute atomic E-state index is 12.0. The predicted molar refractivity (Wildman–Crippen MR) is 67.9 cm³/mol. The SMILES string of the molecule is O=C(O)CN(Cl)C(=O)c1ncc(O)c2ccccc12. The Morgan fingerprint density at radius 1 is 1.26 bits per heavy atom. The molecule has 0 aliphatic rings. The molecular weight excluding hydrogens is 272 g/mol. The van der Waals surface area contributed by atoms with Crippen molar-refractivity contribution < 1.29 is 19.8 Å². The molecule has 1 aromatic heterocycles. The van der Waals surface area contributed by atoms with Gasteiger partial charge in [0.15, 0.2) is 0 Å². The number of rotatable bonds is 3. The van der Waals surface area contributed by atoms with E-state index in [0.717, 1.165) is 6.20 Å². The van der Waals surface area contributed by atoms with Gasteiger partial charge < -0.3 is 10.2 Å². The van der Waals surface area contributed by atoms with Crippen molar-refractivity contribution in [2.45, 2.75) is 0 Å². The topological polar surface area (TPSA) is 90.7 Å². The number of hydrogen-bond acceptors (Lipinski definition) is 4. The number of halogens is 1. The molecule has 0 fully saturated rings. The number of aliphatic carboxylic acids is 1. The van der Waals surface area contributed by atoms with Crippen LogP contribution in [0.15, 0.2) is 30.5 Å². The fourth-order valence-corrected chi connectivity index (χ4v) is 1.84. The standard InChI is InChI=1S/C12H9ClN2O4/c13-15(6-10(17)18)12(19)11-8-4-2-1-3-7(8)9(16)5-14-11/h1-5,16H,6H2,(H,17,18). The smallest absolute Gasteiger partial charge is 0.324 e. The van der Waals surface area contributed by atoms with E-state index < -0.39 is 18.4 Å². The van der Waals surface area contributed by atoms with Gasteiger partial charge in [0.2, 0.25) is 0 Å². The molecule has 0 aliphatic heterocycles. The molecule has 0 unspecified atom stereocenters. The van der Waals surface area contributed by atoms with Gasteiger partial charge in [0.25, 0.3) is 5.91 Å². The summed E-state index contributed by atoms with van der Waals surface area (Å²) in [5.41, 5.74) is -0.00958. The summed E-state index contributed by atoms with van der Waals surface area (Å²) in [5, 5.41) is 19.1. The summed E-state index contributed by atoms with van der Waals surface area (Å²) in [5.74, 6) is -2.03. The van der Waals surface area contributed by atoms with Crippen LogP contribution in [0.25, 0.3) is 10.8 Å². The molecule has 98 valence electrons. The average molecular weight is 281 g/mol. The number of pyridine rings is 1. The van der Waals surface area contributed by atoms with Gasteiger partial charge in [-0.15, -0.1) is 0 Å². The quantitative estimate of drug-likeness (QED) is 0.834. The van der Waals surface area contributed by atoms with E-state index in [1.165, 1.54) is 0 Å². The monoisotopic (exact) mass is 280 g/mol. The van der Waals surface area contributed by atoms with Crippen LogP contribution in [0.5, 0.6) is 5.75 Å². The van der Waals surface area contributed by atoms with Gasteiger partial charge in [0.1, 0.15) is 18.0 Å². The lowest BCUT2D eigenvalue weighted by atomic mass is 10.1. The second-order valence-corrected chi connectivity index (χ2v) is 4.16. The van der Waals surface area contributed by atoms with Gasteiger partial charge >= 0.3 is 5.97 Å². The minimum Gasteiger partial charge on any atom is -0.506 e. The minimum atomic E-state index is -1.23. The average Bonchev–Trinajstić information content (AvgIpc) is 2.38. The van der Waals surface area contributed by atoms with Crippen molar-refractivity contribution in [1.82, 2.24) is 9.40 Å². The van der Waals surface area contributed by atoms with E-state index in [2.05, 4.69) is 4.98 Å². The number of amides is 1. The Labute approximate surface area is 113 Å². The first-order chi connectivity index (χ1) is 9.00. The number of carboxylic acid groups (broad SMARTS) is 1. The van der Waals surface area contributed by atoms with Crippen LogP contribution in [-0.4, -0.2) is 38.0 Å². The molecular formula is C12H9ClN2O4. The number of fused-ring (bicyclic) bond motifs is 1. The number of aromatic hydroxyl groups is 1. The first-order valence-corrected chi connectivity index (χ1v) is 5.60. The highest BCUT2D eigenvalue weighted by molar-refractivity contribution is 6.26. The van der Waals surface area contributed by atoms with Gasteiger partial charge in [-0.1, -0.05) is 24.3 Å². The molecule has 6 nitrogen and oxygen atoms in total. The molecule has 7 heteroatoms. The van der Waals surface area contributed by atoms with Crippen LogP contribution >= 0.6 is 11.8 Å². The number of carbonyl (C=O) groups is 2. The van der Waals surface area contributed by atoms with Gasteiger partial charge in [-0.05, 0) is 0 Å². The van der Waals surface area contributed by atoms with Crippen molar-refractivity contribution in [2.24, 2.45) is 0 Å². The molecule has 0 aliphatic carbocycles. The number of benzene rings is 1. The zero-order valence-electron chi connectivity index (χ0n) is 9.58. The number of carbonyl (C=O) groups excluding carboxylic acids is 1. The van der Waals surface area contributed by atoms with E-state index in [0.29, 0.717) is 15.2 Å². The Balaban J connectivity index is 2.48. The number of carboxylic acids is 1. The molecule has 19 heavy (non-hydrogen) atoms. The second-order valence-electron chi connectivity index (χ2n) is 3.76. The van der Waals surface area contributed by atoms with E-state index >= 15 is 0 Å². The van der Waals surface area contributed by atoms with Crippen LogP contribution < -0.4 is 0 Å². The minimum absolute atomic E-state index is 0.00958. The highest BCUT2D eigenvalue weighted by atomic mass is 35.5. The first kappa shape index (κ1) is 13.1. The van der Waals surface area contributed by atoms with Crippen molar-refractivity contribution in [1.29, 1.82) is 0 Å². The molecule has 1 amide bonds. The highest BCUT2D eigenvalue weighted by Gasteiger charge is 2.21. The number of aromatic nitrogens is 1. The summed E-state index contributed by atoms with van der Waals surface area (Å²) in [4.78, 5) is 26.3. The van der Waals surface area contributed by atoms with Crippen LogP contribution in [0.4, 0.5) is 0 Å². The molecule has 0 atom stereocenters. The number of nitrogens with zero attached hydrogens (tertiary/aromatic N) is 2. The molecule has 1 heterocycles. The molecule has 0 radical (unpaired) electrons. The Bertz CT molecular complexity index is 659. The molecule has 1 aromatic carbocycles. The van der Waals surface area contributed by atoms with Crippen LogP contribution in [-0.2, 0) is 4.79 Å². The van der Waals surface area contributed by atoms with Gasteiger partial charge in [-0.3, -0.25) is 9.59 Å². The van der Waals surface area contributed by atoms with Crippen molar-refractivity contribution in [3.05, 3.63) is 36.2 Å². The third kappa shape index (κ3) is 2.58. The zero-order chi connectivity index (χ0) is 14.0. The maximum atomic E-state index is 12.0. The van der Waals surface area contributed by atoms with Gasteiger partial charge in [-0.25, -0.2) is 9.40 Å². The van der Waals surface area contributed by atoms with Gasteiger partial charge in [-0.2, -0.15) is 0 Å². The summed E-state index contributed by atoms with van der Waals surface area (Å²) in [6.07, 6.45) is 1.13. The van der Waals surface area contributed by atoms with Crippen LogP contribution in [0, 0.1) is 0 Å². The number of hydrogen-bond donors (Lipinski definition) is 2. The fraction of sp³-hybridized carbons (Fsp3) is 0.0833. The van der Waals surface area contributed by atoms with Gasteiger partial charge in [0, 0.05) is 22.5 Å². The van der Waals surface area contributed by atoms with Crippen LogP contribution in [0.2, 0.25) is 0 Å². The Morgan fingerprint density at radius 3 is 2.53 bits per heavy atom. The molecule has 2 rings (SSSR count). The molecule has 0 spiro atoms. The molecule has 2 aromatic rings. The van der Waals surface area contributed by atoms with Crippen molar-refractivity contribution in [3.63, 3.8) is 0 Å². The van der Waals surface area contributed by atoms with Crippen LogP contribution in [0.3, 0.4) is 0 Å². The molecule has 0 saturated heterocycles. The summed E-state index contributed by atoms with van der Waals surface area (Å²) in [6, 6.07) is 6.60. The lowest BCUT2D eigenvalue weighted by Crippen LogP contribution is -2.28. The Kier molecular flexibility index (Phi) is 3.52. The molecule has 0 bridgehead atoms. The van der Waals surface area contributed by atoms with Crippen molar-refractivity contribution in [2.75, 3.05) is 6.54 Å². The maximum Gasteiger partial charge on any atom is 0.324 e. The third-order valence-corrected chi connectivity index (χ3v) is 2.74.